The lowest BCUT2D eigenvalue weighted by Gasteiger charge is -1.83. The van der Waals surface area contributed by atoms with Crippen molar-refractivity contribution in [3.8, 4) is 0 Å². The first-order valence-electron chi connectivity index (χ1n) is 0.990. The van der Waals surface area contributed by atoms with Crippen LogP contribution in [0.5, 0.6) is 0 Å². The molecule has 4 heteroatoms. The van der Waals surface area contributed by atoms with E-state index in [1.807, 2.05) is 0 Å². The maximum atomic E-state index is 5.11. The molecule has 0 bridgehead atoms. The van der Waals surface area contributed by atoms with Crippen LogP contribution in [-0.2, 0) is 4.43 Å². The highest BCUT2D eigenvalue weighted by Crippen LogP contribution is 1.92. The lowest BCUT2D eigenvalue weighted by atomic mass is 11.8. The Morgan fingerprint density at radius 2 is 1.80 bits per heavy atom. The number of hydrogen-bond acceptors (Lipinski definition) is 1. The summed E-state index contributed by atoms with van der Waals surface area (Å²) in [6.45, 7) is 0. The molecule has 31 valence electrons. The number of hydrogen-bond donors (Lipinski definition) is 0. The molecule has 0 aromatic heterocycles. The second kappa shape index (κ2) is 2.97. The molecule has 0 unspecified atom stereocenters. The number of halogens is 2. The maximum absolute atomic E-state index is 5.11. The molecule has 1 radical (unpaired) electrons. The third-order valence-corrected chi connectivity index (χ3v) is 1.39. The van der Waals surface area contributed by atoms with E-state index in [1.165, 1.54) is 7.11 Å². The molecule has 0 atom stereocenters. The maximum Gasteiger partial charge on any atom is 0.438 e. The smallest absolute Gasteiger partial charge is 0.395 e. The van der Waals surface area contributed by atoms with Crippen molar-refractivity contribution in [1.82, 2.24) is 0 Å². The molecular weight excluding hydrogens is 127 g/mol. The van der Waals surface area contributed by atoms with Crippen LogP contribution >= 0.6 is 22.2 Å². The predicted octanol–water partition coefficient (Wildman–Crippen LogP) is 1.10. The van der Waals surface area contributed by atoms with Gasteiger partial charge in [-0.05, 0) is 0 Å². The van der Waals surface area contributed by atoms with E-state index in [4.69, 9.17) is 22.2 Å². The topological polar surface area (TPSA) is 9.23 Å². The molecule has 0 spiro atoms. The van der Waals surface area contributed by atoms with Crippen molar-refractivity contribution in [2.45, 2.75) is 0 Å². The minimum Gasteiger partial charge on any atom is -0.395 e. The molecule has 0 aromatic carbocycles. The quantitative estimate of drug-likeness (QED) is 0.381. The summed E-state index contributed by atoms with van der Waals surface area (Å²) in [6, 6.07) is 0. The van der Waals surface area contributed by atoms with Gasteiger partial charge in [0, 0.05) is 7.11 Å². The van der Waals surface area contributed by atoms with Gasteiger partial charge in [-0.1, -0.05) is 0 Å². The fourth-order valence-corrected chi connectivity index (χ4v) is 0. The molecular formula is CH3Cl2OSi. The van der Waals surface area contributed by atoms with Crippen LogP contribution in [0.1, 0.15) is 0 Å². The molecule has 0 aliphatic carbocycles. The summed E-state index contributed by atoms with van der Waals surface area (Å²) in [5.74, 6) is 0. The van der Waals surface area contributed by atoms with Gasteiger partial charge in [0.1, 0.15) is 0 Å². The standard InChI is InChI=1S/CH3Cl2OSi/c1-4-5(2)3/h1H3. The second-order valence-electron chi connectivity index (χ2n) is 0.430. The largest absolute Gasteiger partial charge is 0.438 e. The van der Waals surface area contributed by atoms with Crippen molar-refractivity contribution in [1.29, 1.82) is 0 Å². The zero-order valence-electron chi connectivity index (χ0n) is 2.66. The molecule has 0 N–H and O–H groups in total. The van der Waals surface area contributed by atoms with E-state index in [2.05, 4.69) is 4.43 Å². The Balaban J connectivity index is 2.54. The van der Waals surface area contributed by atoms with Gasteiger partial charge in [0.05, 0.1) is 0 Å². The van der Waals surface area contributed by atoms with Crippen LogP contribution in [0, 0.1) is 0 Å². The van der Waals surface area contributed by atoms with Crippen LogP contribution in [0.2, 0.25) is 0 Å². The summed E-state index contributed by atoms with van der Waals surface area (Å²) in [6.07, 6.45) is 0. The van der Waals surface area contributed by atoms with Gasteiger partial charge >= 0.3 is 7.66 Å². The first-order chi connectivity index (χ1) is 2.27. The van der Waals surface area contributed by atoms with Crippen molar-refractivity contribution in [2.75, 3.05) is 7.11 Å². The average Bonchev–Trinajstić information content (AvgIpc) is 1.38. The van der Waals surface area contributed by atoms with E-state index in [-0.39, 0.29) is 0 Å². The lowest BCUT2D eigenvalue weighted by Crippen LogP contribution is -1.93. The van der Waals surface area contributed by atoms with Crippen molar-refractivity contribution in [3.05, 3.63) is 0 Å². The van der Waals surface area contributed by atoms with Crippen LogP contribution in [0.25, 0.3) is 0 Å². The van der Waals surface area contributed by atoms with Gasteiger partial charge in [0.2, 0.25) is 0 Å². The van der Waals surface area contributed by atoms with Crippen molar-refractivity contribution in [3.63, 3.8) is 0 Å². The molecule has 0 amide bonds. The zero-order valence-corrected chi connectivity index (χ0v) is 5.18. The molecule has 0 aliphatic heterocycles. The molecule has 0 aromatic rings. The van der Waals surface area contributed by atoms with Crippen molar-refractivity contribution < 1.29 is 4.43 Å². The highest BCUT2D eigenvalue weighted by atomic mass is 35.7. The predicted molar refractivity (Wildman–Crippen MR) is 24.5 cm³/mol. The van der Waals surface area contributed by atoms with Crippen LogP contribution < -0.4 is 0 Å². The Hall–Kier alpha value is 0.757. The Kier molecular flexibility index (Phi) is 3.42. The van der Waals surface area contributed by atoms with E-state index in [0.29, 0.717) is 0 Å². The zero-order chi connectivity index (χ0) is 4.28. The van der Waals surface area contributed by atoms with E-state index >= 15 is 0 Å². The molecule has 0 saturated heterocycles. The first-order valence-corrected chi connectivity index (χ1v) is 4.42. The van der Waals surface area contributed by atoms with Gasteiger partial charge < -0.3 is 4.43 Å². The van der Waals surface area contributed by atoms with E-state index < -0.39 is 7.66 Å². The summed E-state index contributed by atoms with van der Waals surface area (Å²) < 4.78 is 4.38. The van der Waals surface area contributed by atoms with Crippen molar-refractivity contribution >= 4 is 29.8 Å². The van der Waals surface area contributed by atoms with Gasteiger partial charge in [-0.2, -0.15) is 0 Å². The first kappa shape index (κ1) is 5.76. The molecule has 0 rings (SSSR count). The fraction of sp³-hybridized carbons (Fsp3) is 1.00. The summed E-state index contributed by atoms with van der Waals surface area (Å²) >= 11 is 10.2. The monoisotopic (exact) mass is 129 g/mol. The Morgan fingerprint density at radius 1 is 1.60 bits per heavy atom. The normalized spacial score (nSPS) is 9.60. The SMILES string of the molecule is CO[Si](Cl)Cl. The molecule has 0 saturated carbocycles. The van der Waals surface area contributed by atoms with Crippen molar-refractivity contribution in [2.24, 2.45) is 0 Å². The van der Waals surface area contributed by atoms with Gasteiger partial charge in [0.25, 0.3) is 0 Å². The molecule has 0 heterocycles. The Morgan fingerprint density at radius 3 is 1.80 bits per heavy atom. The molecule has 1 nitrogen and oxygen atoms in total. The van der Waals surface area contributed by atoms with Crippen LogP contribution in [0.4, 0.5) is 0 Å². The summed E-state index contributed by atoms with van der Waals surface area (Å²) in [5, 5.41) is 0. The van der Waals surface area contributed by atoms with Crippen LogP contribution in [0.15, 0.2) is 0 Å². The highest BCUT2D eigenvalue weighted by Gasteiger charge is 1.95. The second-order valence-corrected chi connectivity index (χ2v) is 3.93. The minimum atomic E-state index is -1.43. The van der Waals surface area contributed by atoms with Crippen LogP contribution in [-0.4, -0.2) is 14.8 Å². The third-order valence-electron chi connectivity index (χ3n) is 0.154. The van der Waals surface area contributed by atoms with Gasteiger partial charge in [0.15, 0.2) is 0 Å². The Labute approximate surface area is 42.0 Å². The van der Waals surface area contributed by atoms with E-state index in [1.54, 1.807) is 0 Å². The number of rotatable bonds is 1. The minimum absolute atomic E-state index is 1.43. The van der Waals surface area contributed by atoms with Gasteiger partial charge in [-0.15, -0.1) is 22.2 Å². The lowest BCUT2D eigenvalue weighted by molar-refractivity contribution is 0.449. The van der Waals surface area contributed by atoms with E-state index in [0.717, 1.165) is 0 Å². The third kappa shape index (κ3) is 4.76. The molecule has 0 aliphatic rings. The van der Waals surface area contributed by atoms with E-state index in [9.17, 15) is 0 Å². The average molecular weight is 130 g/mol. The van der Waals surface area contributed by atoms with Gasteiger partial charge in [-0.3, -0.25) is 0 Å². The van der Waals surface area contributed by atoms with Gasteiger partial charge in [-0.25, -0.2) is 0 Å². The summed E-state index contributed by atoms with van der Waals surface area (Å²) in [7, 11) is 0.0509. The highest BCUT2D eigenvalue weighted by molar-refractivity contribution is 7.30. The molecule has 5 heavy (non-hydrogen) atoms. The summed E-state index contributed by atoms with van der Waals surface area (Å²) in [4.78, 5) is 0. The molecule has 0 fully saturated rings. The van der Waals surface area contributed by atoms with Crippen LogP contribution in [0.3, 0.4) is 0 Å². The summed E-state index contributed by atoms with van der Waals surface area (Å²) in [5.41, 5.74) is 0. The Bertz CT molecular complexity index is 23.6. The fourth-order valence-electron chi connectivity index (χ4n) is 0.